The third-order valence-corrected chi connectivity index (χ3v) is 5.28. The van der Waals surface area contributed by atoms with Gasteiger partial charge in [-0.25, -0.2) is 0 Å². The monoisotopic (exact) mass is 430 g/mol. The van der Waals surface area contributed by atoms with E-state index < -0.39 is 5.41 Å². The number of anilines is 1. The summed E-state index contributed by atoms with van der Waals surface area (Å²) in [7, 11) is 4.68. The maximum Gasteiger partial charge on any atom is 0.255 e. The lowest BCUT2D eigenvalue weighted by atomic mass is 9.81. The molecule has 0 aromatic heterocycles. The molecule has 0 atom stereocenters. The summed E-state index contributed by atoms with van der Waals surface area (Å²) in [6.45, 7) is 3.74. The van der Waals surface area contributed by atoms with Gasteiger partial charge in [-0.1, -0.05) is 18.2 Å². The van der Waals surface area contributed by atoms with Gasteiger partial charge in [-0.15, -0.1) is 0 Å². The van der Waals surface area contributed by atoms with Gasteiger partial charge in [0.15, 0.2) is 11.5 Å². The first kappa shape index (κ1) is 22.7. The quantitative estimate of drug-likeness (QED) is 0.540. The van der Waals surface area contributed by atoms with E-state index in [9.17, 15) is 10.1 Å². The summed E-state index contributed by atoms with van der Waals surface area (Å²) in [4.78, 5) is 12.9. The molecule has 0 heterocycles. The van der Waals surface area contributed by atoms with Crippen molar-refractivity contribution in [2.45, 2.75) is 19.3 Å². The van der Waals surface area contributed by atoms with E-state index in [0.717, 1.165) is 22.4 Å². The smallest absolute Gasteiger partial charge is 0.255 e. The predicted molar refractivity (Wildman–Crippen MR) is 125 cm³/mol. The molecule has 3 aromatic rings. The highest BCUT2D eigenvalue weighted by atomic mass is 16.5. The fraction of sp³-hybridized carbons (Fsp3) is 0.231. The number of carbonyl (C=O) groups is 1. The molecule has 3 aromatic carbocycles. The molecule has 0 bridgehead atoms. The molecule has 0 saturated heterocycles. The van der Waals surface area contributed by atoms with Gasteiger partial charge in [0, 0.05) is 11.3 Å². The lowest BCUT2D eigenvalue weighted by Crippen LogP contribution is -2.16. The molecule has 32 heavy (non-hydrogen) atoms. The first-order chi connectivity index (χ1) is 15.3. The summed E-state index contributed by atoms with van der Waals surface area (Å²) in [6.07, 6.45) is 0. The van der Waals surface area contributed by atoms with Crippen molar-refractivity contribution in [1.29, 1.82) is 5.26 Å². The van der Waals surface area contributed by atoms with Gasteiger partial charge in [0.05, 0.1) is 32.8 Å². The number of benzene rings is 3. The molecular formula is C26H26N2O4. The van der Waals surface area contributed by atoms with Gasteiger partial charge < -0.3 is 19.5 Å². The maximum absolute atomic E-state index is 12.9. The van der Waals surface area contributed by atoms with E-state index in [1.807, 2.05) is 50.2 Å². The molecule has 1 N–H and O–H groups in total. The van der Waals surface area contributed by atoms with Crippen LogP contribution in [0.1, 0.15) is 29.8 Å². The fourth-order valence-electron chi connectivity index (χ4n) is 3.42. The zero-order valence-corrected chi connectivity index (χ0v) is 18.9. The van der Waals surface area contributed by atoms with Crippen LogP contribution in [0.15, 0.2) is 60.7 Å². The average Bonchev–Trinajstić information content (AvgIpc) is 2.83. The highest BCUT2D eigenvalue weighted by Crippen LogP contribution is 2.36. The molecule has 0 saturated carbocycles. The first-order valence-corrected chi connectivity index (χ1v) is 10.1. The van der Waals surface area contributed by atoms with E-state index in [1.165, 1.54) is 7.11 Å². The minimum absolute atomic E-state index is 0.279. The SMILES string of the molecule is COc1ccc(-c2cc(NC(=O)c3ccc(OC)c(OC)c3)ccc2C(C)(C)C#N)cc1. The van der Waals surface area contributed by atoms with Crippen LogP contribution in [0.3, 0.4) is 0 Å². The molecule has 164 valence electrons. The highest BCUT2D eigenvalue weighted by Gasteiger charge is 2.24. The second-order valence-electron chi connectivity index (χ2n) is 7.75. The summed E-state index contributed by atoms with van der Waals surface area (Å²) in [5, 5.41) is 12.6. The van der Waals surface area contributed by atoms with E-state index in [2.05, 4.69) is 11.4 Å². The van der Waals surface area contributed by atoms with Gasteiger partial charge in [-0.05, 0) is 73.0 Å². The highest BCUT2D eigenvalue weighted by molar-refractivity contribution is 6.05. The van der Waals surface area contributed by atoms with E-state index in [-0.39, 0.29) is 5.91 Å². The number of amides is 1. The Bertz CT molecular complexity index is 1160. The first-order valence-electron chi connectivity index (χ1n) is 10.1. The minimum Gasteiger partial charge on any atom is -0.497 e. The van der Waals surface area contributed by atoms with E-state index >= 15 is 0 Å². The molecule has 6 nitrogen and oxygen atoms in total. The van der Waals surface area contributed by atoms with Gasteiger partial charge in [0.25, 0.3) is 5.91 Å². The minimum atomic E-state index is -0.707. The van der Waals surface area contributed by atoms with Crippen LogP contribution in [0, 0.1) is 11.3 Å². The molecule has 0 aliphatic rings. The Labute approximate surface area is 188 Å². The molecule has 3 rings (SSSR count). The number of hydrogen-bond donors (Lipinski definition) is 1. The van der Waals surface area contributed by atoms with Crippen LogP contribution in [-0.4, -0.2) is 27.2 Å². The summed E-state index contributed by atoms with van der Waals surface area (Å²) in [5.41, 5.74) is 3.01. The van der Waals surface area contributed by atoms with Crippen LogP contribution in [0.25, 0.3) is 11.1 Å². The largest absolute Gasteiger partial charge is 0.497 e. The van der Waals surface area contributed by atoms with Crippen LogP contribution in [0.2, 0.25) is 0 Å². The fourth-order valence-corrected chi connectivity index (χ4v) is 3.42. The average molecular weight is 431 g/mol. The van der Waals surface area contributed by atoms with E-state index in [4.69, 9.17) is 14.2 Å². The van der Waals surface area contributed by atoms with Gasteiger partial charge in [0.1, 0.15) is 5.75 Å². The number of ether oxygens (including phenoxy) is 3. The van der Waals surface area contributed by atoms with Crippen molar-refractivity contribution in [3.8, 4) is 34.4 Å². The zero-order chi connectivity index (χ0) is 23.3. The Morgan fingerprint density at radius 1 is 0.875 bits per heavy atom. The van der Waals surface area contributed by atoms with Crippen molar-refractivity contribution in [3.63, 3.8) is 0 Å². The number of nitrogens with zero attached hydrogens (tertiary/aromatic N) is 1. The number of hydrogen-bond acceptors (Lipinski definition) is 5. The Balaban J connectivity index is 1.99. The molecule has 0 fully saturated rings. The molecule has 0 aliphatic carbocycles. The van der Waals surface area contributed by atoms with Crippen molar-refractivity contribution in [1.82, 2.24) is 0 Å². The van der Waals surface area contributed by atoms with Crippen LogP contribution in [-0.2, 0) is 5.41 Å². The number of methoxy groups -OCH3 is 3. The second kappa shape index (κ2) is 9.44. The second-order valence-corrected chi connectivity index (χ2v) is 7.75. The number of carbonyl (C=O) groups excluding carboxylic acids is 1. The van der Waals surface area contributed by atoms with Crippen LogP contribution < -0.4 is 19.5 Å². The Kier molecular flexibility index (Phi) is 6.70. The van der Waals surface area contributed by atoms with Crippen molar-refractivity contribution in [2.75, 3.05) is 26.6 Å². The number of nitrogens with one attached hydrogen (secondary N) is 1. The third kappa shape index (κ3) is 4.68. The van der Waals surface area contributed by atoms with Crippen LogP contribution >= 0.6 is 0 Å². The molecular weight excluding hydrogens is 404 g/mol. The number of nitriles is 1. The molecule has 6 heteroatoms. The van der Waals surface area contributed by atoms with Crippen molar-refractivity contribution >= 4 is 11.6 Å². The Hall–Kier alpha value is -3.98. The lowest BCUT2D eigenvalue weighted by Gasteiger charge is -2.22. The summed E-state index contributed by atoms with van der Waals surface area (Å²) < 4.78 is 15.8. The third-order valence-electron chi connectivity index (χ3n) is 5.28. The molecule has 0 spiro atoms. The molecule has 0 aliphatic heterocycles. The van der Waals surface area contributed by atoms with Crippen molar-refractivity contribution < 1.29 is 19.0 Å². The standard InChI is InChI=1S/C26H26N2O4/c1-26(2,16-27)22-12-9-19(15-21(22)17-6-10-20(30-3)11-7-17)28-25(29)18-8-13-23(31-4)24(14-18)32-5/h6-15H,1-5H3,(H,28,29). The number of rotatable bonds is 7. The molecule has 1 amide bonds. The summed E-state index contributed by atoms with van der Waals surface area (Å²) >= 11 is 0. The van der Waals surface area contributed by atoms with E-state index in [0.29, 0.717) is 22.7 Å². The summed E-state index contributed by atoms with van der Waals surface area (Å²) in [6, 6.07) is 20.5. The van der Waals surface area contributed by atoms with Crippen molar-refractivity contribution in [2.24, 2.45) is 0 Å². The van der Waals surface area contributed by atoms with Crippen molar-refractivity contribution in [3.05, 3.63) is 71.8 Å². The van der Waals surface area contributed by atoms with Gasteiger partial charge >= 0.3 is 0 Å². The zero-order valence-electron chi connectivity index (χ0n) is 18.9. The summed E-state index contributed by atoms with van der Waals surface area (Å²) in [5.74, 6) is 1.49. The van der Waals surface area contributed by atoms with Crippen LogP contribution in [0.5, 0.6) is 17.2 Å². The van der Waals surface area contributed by atoms with Gasteiger partial charge in [0.2, 0.25) is 0 Å². The van der Waals surface area contributed by atoms with Gasteiger partial charge in [-0.2, -0.15) is 5.26 Å². The molecule has 0 radical (unpaired) electrons. The predicted octanol–water partition coefficient (Wildman–Crippen LogP) is 5.43. The molecule has 0 unspecified atom stereocenters. The Morgan fingerprint density at radius 3 is 2.16 bits per heavy atom. The Morgan fingerprint density at radius 2 is 1.56 bits per heavy atom. The topological polar surface area (TPSA) is 80.6 Å². The normalized spacial score (nSPS) is 10.8. The van der Waals surface area contributed by atoms with Gasteiger partial charge in [-0.3, -0.25) is 4.79 Å². The van der Waals surface area contributed by atoms with E-state index in [1.54, 1.807) is 38.5 Å². The van der Waals surface area contributed by atoms with Crippen LogP contribution in [0.4, 0.5) is 5.69 Å². The lowest BCUT2D eigenvalue weighted by molar-refractivity contribution is 0.102. The maximum atomic E-state index is 12.9.